The number of carbonyl (C=O) groups is 3. The monoisotopic (exact) mass is 421 g/mol. The molecule has 2 aromatic carbocycles. The summed E-state index contributed by atoms with van der Waals surface area (Å²) >= 11 is 0. The van der Waals surface area contributed by atoms with E-state index in [0.717, 1.165) is 5.56 Å². The van der Waals surface area contributed by atoms with Crippen LogP contribution in [-0.2, 0) is 9.53 Å². The van der Waals surface area contributed by atoms with Crippen LogP contribution in [0.5, 0.6) is 0 Å². The molecular formula is C23H23N3O5. The van der Waals surface area contributed by atoms with Crippen molar-refractivity contribution in [3.05, 3.63) is 66.4 Å². The molecule has 1 heterocycles. The summed E-state index contributed by atoms with van der Waals surface area (Å²) in [5.41, 5.74) is 1.49. The Balaban J connectivity index is 1.65. The van der Waals surface area contributed by atoms with Crippen molar-refractivity contribution in [2.24, 2.45) is 5.92 Å². The maximum atomic E-state index is 12.5. The zero-order chi connectivity index (χ0) is 22.2. The van der Waals surface area contributed by atoms with E-state index in [2.05, 4.69) is 15.6 Å². The third-order valence-corrected chi connectivity index (χ3v) is 4.20. The SMILES string of the molecule is CC(C)CNC(=O)NC(=O)COC(=O)c1ccccc1-c1ncc(-c2ccccc2)o1. The molecule has 31 heavy (non-hydrogen) atoms. The van der Waals surface area contributed by atoms with Crippen molar-refractivity contribution in [1.82, 2.24) is 15.6 Å². The molecule has 0 saturated carbocycles. The summed E-state index contributed by atoms with van der Waals surface area (Å²) in [7, 11) is 0. The average molecular weight is 421 g/mol. The van der Waals surface area contributed by atoms with Gasteiger partial charge in [0.15, 0.2) is 12.4 Å². The van der Waals surface area contributed by atoms with Crippen LogP contribution in [0, 0.1) is 5.92 Å². The van der Waals surface area contributed by atoms with Crippen LogP contribution in [0.1, 0.15) is 24.2 Å². The Labute approximate surface area is 179 Å². The predicted octanol–water partition coefficient (Wildman–Crippen LogP) is 3.65. The Bertz CT molecular complexity index is 1060. The van der Waals surface area contributed by atoms with E-state index in [9.17, 15) is 14.4 Å². The number of nitrogens with one attached hydrogen (secondary N) is 2. The molecule has 0 unspecified atom stereocenters. The minimum atomic E-state index is -0.729. The van der Waals surface area contributed by atoms with Crippen LogP contribution in [0.2, 0.25) is 0 Å². The lowest BCUT2D eigenvalue weighted by Crippen LogP contribution is -2.42. The van der Waals surface area contributed by atoms with Crippen molar-refractivity contribution in [3.8, 4) is 22.8 Å². The van der Waals surface area contributed by atoms with Gasteiger partial charge in [-0.3, -0.25) is 10.1 Å². The number of aromatic nitrogens is 1. The number of esters is 1. The summed E-state index contributed by atoms with van der Waals surface area (Å²) in [6, 6.07) is 15.5. The van der Waals surface area contributed by atoms with Crippen molar-refractivity contribution in [1.29, 1.82) is 0 Å². The maximum Gasteiger partial charge on any atom is 0.339 e. The smallest absolute Gasteiger partial charge is 0.339 e. The summed E-state index contributed by atoms with van der Waals surface area (Å²) in [5, 5.41) is 4.66. The second-order valence-corrected chi connectivity index (χ2v) is 7.17. The fourth-order valence-electron chi connectivity index (χ4n) is 2.69. The van der Waals surface area contributed by atoms with E-state index in [1.807, 2.05) is 44.2 Å². The number of amides is 3. The van der Waals surface area contributed by atoms with Crippen molar-refractivity contribution < 1.29 is 23.5 Å². The zero-order valence-electron chi connectivity index (χ0n) is 17.3. The molecule has 0 aliphatic heterocycles. The van der Waals surface area contributed by atoms with Crippen molar-refractivity contribution in [2.45, 2.75) is 13.8 Å². The molecule has 0 bridgehead atoms. The van der Waals surface area contributed by atoms with Crippen LogP contribution < -0.4 is 10.6 Å². The zero-order valence-corrected chi connectivity index (χ0v) is 17.3. The number of carbonyl (C=O) groups excluding carboxylic acids is 3. The predicted molar refractivity (Wildman–Crippen MR) is 114 cm³/mol. The van der Waals surface area contributed by atoms with Crippen molar-refractivity contribution in [3.63, 3.8) is 0 Å². The molecule has 3 aromatic rings. The number of imide groups is 1. The number of oxazole rings is 1. The van der Waals surface area contributed by atoms with E-state index in [1.54, 1.807) is 30.5 Å². The number of nitrogens with zero attached hydrogens (tertiary/aromatic N) is 1. The quantitative estimate of drug-likeness (QED) is 0.564. The molecule has 8 heteroatoms. The Morgan fingerprint density at radius 1 is 1.03 bits per heavy atom. The Hall–Kier alpha value is -3.94. The van der Waals surface area contributed by atoms with Gasteiger partial charge in [0.05, 0.1) is 17.3 Å². The lowest BCUT2D eigenvalue weighted by Gasteiger charge is -2.10. The lowest BCUT2D eigenvalue weighted by atomic mass is 10.1. The molecule has 0 aliphatic rings. The molecule has 0 fully saturated rings. The van der Waals surface area contributed by atoms with Gasteiger partial charge in [-0.15, -0.1) is 0 Å². The third kappa shape index (κ3) is 6.02. The lowest BCUT2D eigenvalue weighted by molar-refractivity contribution is -0.123. The van der Waals surface area contributed by atoms with E-state index in [1.165, 1.54) is 0 Å². The molecule has 8 nitrogen and oxygen atoms in total. The van der Waals surface area contributed by atoms with E-state index in [-0.39, 0.29) is 17.4 Å². The first-order valence-corrected chi connectivity index (χ1v) is 9.79. The molecule has 0 radical (unpaired) electrons. The van der Waals surface area contributed by atoms with Gasteiger partial charge in [0.1, 0.15) is 0 Å². The number of hydrogen-bond acceptors (Lipinski definition) is 6. The van der Waals surface area contributed by atoms with Gasteiger partial charge in [0, 0.05) is 12.1 Å². The van der Waals surface area contributed by atoms with E-state index >= 15 is 0 Å². The molecule has 3 rings (SSSR count). The highest BCUT2D eigenvalue weighted by Crippen LogP contribution is 2.28. The van der Waals surface area contributed by atoms with Gasteiger partial charge < -0.3 is 14.5 Å². The molecule has 160 valence electrons. The van der Waals surface area contributed by atoms with Crippen LogP contribution >= 0.6 is 0 Å². The van der Waals surface area contributed by atoms with E-state index in [4.69, 9.17) is 9.15 Å². The normalized spacial score (nSPS) is 10.5. The number of rotatable bonds is 7. The Morgan fingerprint density at radius 2 is 1.74 bits per heavy atom. The van der Waals surface area contributed by atoms with Gasteiger partial charge in [-0.05, 0) is 18.1 Å². The fourth-order valence-corrected chi connectivity index (χ4v) is 2.69. The first kappa shape index (κ1) is 21.8. The topological polar surface area (TPSA) is 111 Å². The number of hydrogen-bond donors (Lipinski definition) is 2. The van der Waals surface area contributed by atoms with E-state index in [0.29, 0.717) is 17.9 Å². The van der Waals surface area contributed by atoms with Crippen LogP contribution in [-0.4, -0.2) is 36.0 Å². The summed E-state index contributed by atoms with van der Waals surface area (Å²) in [6.45, 7) is 3.69. The molecule has 0 atom stereocenters. The van der Waals surface area contributed by atoms with Crippen LogP contribution in [0.4, 0.5) is 4.79 Å². The summed E-state index contributed by atoms with van der Waals surface area (Å²) in [4.78, 5) is 40.3. The number of urea groups is 1. The molecule has 2 N–H and O–H groups in total. The molecule has 0 spiro atoms. The van der Waals surface area contributed by atoms with Crippen LogP contribution in [0.3, 0.4) is 0 Å². The highest BCUT2D eigenvalue weighted by molar-refractivity contribution is 5.99. The molecule has 0 saturated heterocycles. The molecule has 1 aromatic heterocycles. The van der Waals surface area contributed by atoms with Crippen LogP contribution in [0.15, 0.2) is 65.2 Å². The fraction of sp³-hybridized carbons (Fsp3) is 0.217. The summed E-state index contributed by atoms with van der Waals surface area (Å²) in [6.07, 6.45) is 1.58. The second kappa shape index (κ2) is 10.2. The second-order valence-electron chi connectivity index (χ2n) is 7.17. The van der Waals surface area contributed by atoms with Crippen LogP contribution in [0.25, 0.3) is 22.8 Å². The Morgan fingerprint density at radius 3 is 2.48 bits per heavy atom. The molecule has 0 aliphatic carbocycles. The highest BCUT2D eigenvalue weighted by atomic mass is 16.5. The number of benzene rings is 2. The minimum absolute atomic E-state index is 0.195. The van der Waals surface area contributed by atoms with Gasteiger partial charge in [-0.25, -0.2) is 14.6 Å². The first-order valence-electron chi connectivity index (χ1n) is 9.79. The largest absolute Gasteiger partial charge is 0.452 e. The van der Waals surface area contributed by atoms with Gasteiger partial charge in [0.2, 0.25) is 5.89 Å². The van der Waals surface area contributed by atoms with Crippen molar-refractivity contribution >= 4 is 17.9 Å². The third-order valence-electron chi connectivity index (χ3n) is 4.20. The maximum absolute atomic E-state index is 12.5. The van der Waals surface area contributed by atoms with Crippen molar-refractivity contribution in [2.75, 3.05) is 13.2 Å². The Kier molecular flexibility index (Phi) is 7.16. The van der Waals surface area contributed by atoms with Gasteiger partial charge in [0.25, 0.3) is 5.91 Å². The average Bonchev–Trinajstić information content (AvgIpc) is 3.27. The standard InChI is InChI=1S/C23H23N3O5/c1-15(2)12-25-23(29)26-20(27)14-30-22(28)18-11-7-6-10-17(18)21-24-13-19(31-21)16-8-4-3-5-9-16/h3-11,13,15H,12,14H2,1-2H3,(H2,25,26,27,29). The summed E-state index contributed by atoms with van der Waals surface area (Å²) < 4.78 is 10.9. The highest BCUT2D eigenvalue weighted by Gasteiger charge is 2.19. The summed E-state index contributed by atoms with van der Waals surface area (Å²) in [5.74, 6) is -0.398. The molecule has 3 amide bonds. The number of ether oxygens (including phenoxy) is 1. The van der Waals surface area contributed by atoms with Gasteiger partial charge in [-0.2, -0.15) is 0 Å². The minimum Gasteiger partial charge on any atom is -0.452 e. The van der Waals surface area contributed by atoms with E-state index < -0.39 is 24.5 Å². The van der Waals surface area contributed by atoms with Gasteiger partial charge >= 0.3 is 12.0 Å². The molecular weight excluding hydrogens is 398 g/mol. The van der Waals surface area contributed by atoms with Gasteiger partial charge in [-0.1, -0.05) is 56.3 Å². The first-order chi connectivity index (χ1) is 14.9.